The first-order valence-electron chi connectivity index (χ1n) is 13.3. The van der Waals surface area contributed by atoms with Gasteiger partial charge in [-0.3, -0.25) is 4.79 Å². The van der Waals surface area contributed by atoms with Crippen LogP contribution in [0, 0.1) is 0 Å². The molecule has 2 heterocycles. The van der Waals surface area contributed by atoms with Gasteiger partial charge in [0.2, 0.25) is 6.29 Å². The van der Waals surface area contributed by atoms with Crippen molar-refractivity contribution >= 4 is 5.97 Å². The van der Waals surface area contributed by atoms with E-state index in [4.69, 9.17) is 14.2 Å². The van der Waals surface area contributed by atoms with E-state index in [2.05, 4.69) is 23.8 Å². The summed E-state index contributed by atoms with van der Waals surface area (Å²) in [5, 5.41) is 0. The third-order valence-corrected chi connectivity index (χ3v) is 6.32. The second-order valence-corrected chi connectivity index (χ2v) is 9.28. The van der Waals surface area contributed by atoms with Gasteiger partial charge in [0.1, 0.15) is 5.75 Å². The Balaban J connectivity index is 1.32. The van der Waals surface area contributed by atoms with Crippen molar-refractivity contribution in [2.75, 3.05) is 0 Å². The standard InChI is InChI=1S/C30H36N2O4/c1-3-5-7-8-10-12-29-35-26-18-15-23(19-27(26)36-29)30-31-20-24(21-32-30)22-13-16-25(17-14-22)34-28(33)11-9-6-4-2/h13-21,29H,3-12H2,1-2H3. The Morgan fingerprint density at radius 1 is 0.778 bits per heavy atom. The zero-order chi connectivity index (χ0) is 25.2. The Hall–Kier alpha value is -3.41. The quantitative estimate of drug-likeness (QED) is 0.139. The van der Waals surface area contributed by atoms with Gasteiger partial charge < -0.3 is 14.2 Å². The molecule has 0 radical (unpaired) electrons. The average molecular weight is 489 g/mol. The van der Waals surface area contributed by atoms with E-state index >= 15 is 0 Å². The molecule has 0 fully saturated rings. The van der Waals surface area contributed by atoms with Crippen molar-refractivity contribution in [3.63, 3.8) is 0 Å². The average Bonchev–Trinajstić information content (AvgIpc) is 3.31. The smallest absolute Gasteiger partial charge is 0.311 e. The molecule has 1 aliphatic rings. The van der Waals surface area contributed by atoms with Crippen molar-refractivity contribution in [3.8, 4) is 39.8 Å². The van der Waals surface area contributed by atoms with E-state index < -0.39 is 0 Å². The van der Waals surface area contributed by atoms with Crippen molar-refractivity contribution in [2.24, 2.45) is 0 Å². The Morgan fingerprint density at radius 3 is 2.19 bits per heavy atom. The molecular weight excluding hydrogens is 452 g/mol. The second kappa shape index (κ2) is 13.1. The predicted molar refractivity (Wildman–Crippen MR) is 141 cm³/mol. The van der Waals surface area contributed by atoms with Gasteiger partial charge in [0.05, 0.1) is 0 Å². The second-order valence-electron chi connectivity index (χ2n) is 9.28. The van der Waals surface area contributed by atoms with Gasteiger partial charge in [0.15, 0.2) is 17.3 Å². The lowest BCUT2D eigenvalue weighted by Crippen LogP contribution is -2.17. The maximum Gasteiger partial charge on any atom is 0.311 e. The lowest BCUT2D eigenvalue weighted by molar-refractivity contribution is -0.134. The van der Waals surface area contributed by atoms with Gasteiger partial charge in [0, 0.05) is 36.4 Å². The molecule has 0 saturated heterocycles. The van der Waals surface area contributed by atoms with Crippen LogP contribution in [0.15, 0.2) is 54.9 Å². The lowest BCUT2D eigenvalue weighted by atomic mass is 10.1. The molecule has 6 nitrogen and oxygen atoms in total. The number of carbonyl (C=O) groups excluding carboxylic acids is 1. The van der Waals surface area contributed by atoms with E-state index in [0.29, 0.717) is 18.0 Å². The number of ether oxygens (including phenoxy) is 3. The van der Waals surface area contributed by atoms with Gasteiger partial charge in [-0.2, -0.15) is 0 Å². The van der Waals surface area contributed by atoms with Gasteiger partial charge in [0.25, 0.3) is 0 Å². The van der Waals surface area contributed by atoms with Crippen LogP contribution in [-0.2, 0) is 4.79 Å². The van der Waals surface area contributed by atoms with Crippen LogP contribution in [0.3, 0.4) is 0 Å². The van der Waals surface area contributed by atoms with Gasteiger partial charge in [-0.25, -0.2) is 9.97 Å². The molecule has 1 unspecified atom stereocenters. The molecule has 0 spiro atoms. The van der Waals surface area contributed by atoms with Crippen LogP contribution in [-0.4, -0.2) is 22.2 Å². The Bertz CT molecular complexity index is 1110. The molecule has 0 amide bonds. The summed E-state index contributed by atoms with van der Waals surface area (Å²) in [5.41, 5.74) is 2.74. The summed E-state index contributed by atoms with van der Waals surface area (Å²) in [7, 11) is 0. The summed E-state index contributed by atoms with van der Waals surface area (Å²) < 4.78 is 17.4. The molecule has 2 aromatic carbocycles. The highest BCUT2D eigenvalue weighted by Gasteiger charge is 2.24. The molecule has 0 N–H and O–H groups in total. The maximum absolute atomic E-state index is 11.9. The predicted octanol–water partition coefficient (Wildman–Crippen LogP) is 7.75. The van der Waals surface area contributed by atoms with Crippen LogP contribution >= 0.6 is 0 Å². The first-order chi connectivity index (χ1) is 17.7. The van der Waals surface area contributed by atoms with Crippen LogP contribution in [0.1, 0.15) is 78.1 Å². The zero-order valence-corrected chi connectivity index (χ0v) is 21.4. The van der Waals surface area contributed by atoms with E-state index in [0.717, 1.165) is 60.3 Å². The SMILES string of the molecule is CCCCCCCC1Oc2ccc(-c3ncc(-c4ccc(OC(=O)CCCCC)cc4)cn3)cc2O1. The number of fused-ring (bicyclic) bond motifs is 1. The van der Waals surface area contributed by atoms with E-state index in [1.54, 1.807) is 24.5 Å². The molecule has 36 heavy (non-hydrogen) atoms. The van der Waals surface area contributed by atoms with Crippen LogP contribution in [0.4, 0.5) is 0 Å². The van der Waals surface area contributed by atoms with Gasteiger partial charge in [-0.1, -0.05) is 64.5 Å². The summed E-state index contributed by atoms with van der Waals surface area (Å²) in [6.45, 7) is 4.34. The third kappa shape index (κ3) is 7.06. The largest absolute Gasteiger partial charge is 0.451 e. The fourth-order valence-electron chi connectivity index (χ4n) is 4.22. The van der Waals surface area contributed by atoms with E-state index in [1.165, 1.54) is 25.7 Å². The molecule has 4 rings (SSSR count). The number of hydrogen-bond acceptors (Lipinski definition) is 6. The highest BCUT2D eigenvalue weighted by Crippen LogP contribution is 2.38. The Kier molecular flexibility index (Phi) is 9.31. The molecular formula is C30H36N2O4. The molecule has 0 aliphatic carbocycles. The highest BCUT2D eigenvalue weighted by molar-refractivity contribution is 5.73. The summed E-state index contributed by atoms with van der Waals surface area (Å²) in [5.74, 6) is 2.52. The minimum Gasteiger partial charge on any atom is -0.451 e. The first-order valence-corrected chi connectivity index (χ1v) is 13.3. The van der Waals surface area contributed by atoms with Crippen LogP contribution in [0.2, 0.25) is 0 Å². The number of aromatic nitrogens is 2. The Morgan fingerprint density at radius 2 is 1.44 bits per heavy atom. The molecule has 1 aliphatic heterocycles. The number of hydrogen-bond donors (Lipinski definition) is 0. The zero-order valence-electron chi connectivity index (χ0n) is 21.4. The minimum absolute atomic E-state index is 0.189. The van der Waals surface area contributed by atoms with Gasteiger partial charge in [-0.15, -0.1) is 0 Å². The lowest BCUT2D eigenvalue weighted by Gasteiger charge is -2.09. The number of benzene rings is 2. The van der Waals surface area contributed by atoms with Crippen LogP contribution in [0.5, 0.6) is 17.2 Å². The summed E-state index contributed by atoms with van der Waals surface area (Å²) >= 11 is 0. The molecule has 1 atom stereocenters. The number of nitrogens with zero attached hydrogens (tertiary/aromatic N) is 2. The third-order valence-electron chi connectivity index (χ3n) is 6.32. The number of unbranched alkanes of at least 4 members (excludes halogenated alkanes) is 6. The molecule has 1 aromatic heterocycles. The number of carbonyl (C=O) groups is 1. The molecule has 3 aromatic rings. The monoisotopic (exact) mass is 488 g/mol. The highest BCUT2D eigenvalue weighted by atomic mass is 16.7. The van der Waals surface area contributed by atoms with E-state index in [9.17, 15) is 4.79 Å². The van der Waals surface area contributed by atoms with Crippen molar-refractivity contribution in [1.82, 2.24) is 9.97 Å². The molecule has 0 bridgehead atoms. The normalized spacial score (nSPS) is 14.1. The fraction of sp³-hybridized carbons (Fsp3) is 0.433. The first kappa shape index (κ1) is 25.7. The van der Waals surface area contributed by atoms with Crippen LogP contribution < -0.4 is 14.2 Å². The number of rotatable bonds is 13. The molecule has 6 heteroatoms. The van der Waals surface area contributed by atoms with E-state index in [1.807, 2.05) is 30.3 Å². The van der Waals surface area contributed by atoms with Gasteiger partial charge in [-0.05, 0) is 48.7 Å². The topological polar surface area (TPSA) is 70.5 Å². The minimum atomic E-state index is -0.209. The van der Waals surface area contributed by atoms with Crippen molar-refractivity contribution in [3.05, 3.63) is 54.9 Å². The number of esters is 1. The summed E-state index contributed by atoms with van der Waals surface area (Å²) in [4.78, 5) is 21.1. The fourth-order valence-corrected chi connectivity index (χ4v) is 4.22. The Labute approximate surface area is 214 Å². The van der Waals surface area contributed by atoms with Crippen LogP contribution in [0.25, 0.3) is 22.5 Å². The molecule has 190 valence electrons. The van der Waals surface area contributed by atoms with Crippen molar-refractivity contribution in [2.45, 2.75) is 84.3 Å². The van der Waals surface area contributed by atoms with Gasteiger partial charge >= 0.3 is 5.97 Å². The maximum atomic E-state index is 11.9. The summed E-state index contributed by atoms with van der Waals surface area (Å²) in [6, 6.07) is 13.3. The van der Waals surface area contributed by atoms with Crippen molar-refractivity contribution < 1.29 is 19.0 Å². The molecule has 0 saturated carbocycles. The van der Waals surface area contributed by atoms with Crippen molar-refractivity contribution in [1.29, 1.82) is 0 Å². The summed E-state index contributed by atoms with van der Waals surface area (Å²) in [6.07, 6.45) is 13.8. The van der Waals surface area contributed by atoms with E-state index in [-0.39, 0.29) is 12.3 Å².